The van der Waals surface area contributed by atoms with Crippen molar-refractivity contribution >= 4 is 23.2 Å². The average molecular weight is 456 g/mol. The zero-order valence-electron chi connectivity index (χ0n) is 17.6. The van der Waals surface area contributed by atoms with Gasteiger partial charge < -0.3 is 9.84 Å². The van der Waals surface area contributed by atoms with Crippen molar-refractivity contribution < 1.29 is 9.32 Å². The number of nitrogens with one attached hydrogen (secondary N) is 1. The van der Waals surface area contributed by atoms with Crippen LogP contribution in [0.4, 0.5) is 5.69 Å². The first-order chi connectivity index (χ1) is 16.1. The van der Waals surface area contributed by atoms with Gasteiger partial charge in [-0.2, -0.15) is 0 Å². The molecule has 2 aromatic heterocycles. The second-order valence-corrected chi connectivity index (χ2v) is 7.75. The molecule has 0 radical (unpaired) electrons. The van der Waals surface area contributed by atoms with Crippen LogP contribution in [0.15, 0.2) is 89.6 Å². The number of halogens is 1. The van der Waals surface area contributed by atoms with E-state index in [0.717, 1.165) is 16.9 Å². The fraction of sp³-hybridized carbons (Fsp3) is 0.0400. The Morgan fingerprint density at radius 3 is 2.45 bits per heavy atom. The monoisotopic (exact) mass is 455 g/mol. The quantitative estimate of drug-likeness (QED) is 0.361. The maximum atomic E-state index is 13.1. The minimum absolute atomic E-state index is 0.331. The summed E-state index contributed by atoms with van der Waals surface area (Å²) in [6.07, 6.45) is 1.72. The summed E-state index contributed by atoms with van der Waals surface area (Å²) in [5.74, 6) is 0.0799. The lowest BCUT2D eigenvalue weighted by atomic mass is 10.1. The number of anilines is 1. The Kier molecular flexibility index (Phi) is 5.46. The van der Waals surface area contributed by atoms with E-state index in [1.54, 1.807) is 29.9 Å². The van der Waals surface area contributed by atoms with Crippen LogP contribution in [0, 0.1) is 6.92 Å². The van der Waals surface area contributed by atoms with Gasteiger partial charge in [0.05, 0.1) is 22.6 Å². The van der Waals surface area contributed by atoms with E-state index >= 15 is 0 Å². The minimum atomic E-state index is -0.331. The molecule has 5 aromatic rings. The molecule has 7 nitrogen and oxygen atoms in total. The Balaban J connectivity index is 1.40. The van der Waals surface area contributed by atoms with E-state index < -0.39 is 0 Å². The second kappa shape index (κ2) is 8.72. The molecule has 33 heavy (non-hydrogen) atoms. The fourth-order valence-corrected chi connectivity index (χ4v) is 3.81. The smallest absolute Gasteiger partial charge is 0.261 e. The highest BCUT2D eigenvalue weighted by Crippen LogP contribution is 2.31. The van der Waals surface area contributed by atoms with E-state index in [4.69, 9.17) is 16.1 Å². The molecule has 0 bridgehead atoms. The second-order valence-electron chi connectivity index (χ2n) is 7.34. The standard InChI is InChI=1S/C25H18ClN5O2/c1-16-23(24(29-33-16)20-9-5-6-10-21(20)26)25(32)28-18-11-13-19(14-12-18)31-22(15-27-30-31)17-7-3-2-4-8-17/h2-15H,1H3,(H,28,32). The van der Waals surface area contributed by atoms with Gasteiger partial charge in [-0.25, -0.2) is 4.68 Å². The Bertz CT molecular complexity index is 1420. The number of hydrogen-bond acceptors (Lipinski definition) is 5. The summed E-state index contributed by atoms with van der Waals surface area (Å²) in [6, 6.07) is 24.4. The van der Waals surface area contributed by atoms with Gasteiger partial charge in [-0.15, -0.1) is 5.10 Å². The molecule has 0 fully saturated rings. The summed E-state index contributed by atoms with van der Waals surface area (Å²) in [7, 11) is 0. The molecule has 0 atom stereocenters. The summed E-state index contributed by atoms with van der Waals surface area (Å²) in [4.78, 5) is 13.1. The maximum Gasteiger partial charge on any atom is 0.261 e. The molecule has 0 aliphatic carbocycles. The van der Waals surface area contributed by atoms with Gasteiger partial charge in [0, 0.05) is 16.8 Å². The molecule has 1 amide bonds. The minimum Gasteiger partial charge on any atom is -0.360 e. The van der Waals surface area contributed by atoms with Crippen molar-refractivity contribution in [3.63, 3.8) is 0 Å². The summed E-state index contributed by atoms with van der Waals surface area (Å²) < 4.78 is 7.05. The first kappa shape index (κ1) is 20.7. The van der Waals surface area contributed by atoms with Crippen LogP contribution < -0.4 is 5.32 Å². The highest BCUT2D eigenvalue weighted by atomic mass is 35.5. The Labute approximate surface area is 194 Å². The molecule has 0 saturated heterocycles. The number of carbonyl (C=O) groups is 1. The predicted octanol–water partition coefficient (Wildman–Crippen LogP) is 5.80. The molecule has 2 heterocycles. The molecule has 0 saturated carbocycles. The van der Waals surface area contributed by atoms with Crippen LogP contribution in [-0.4, -0.2) is 26.1 Å². The zero-order chi connectivity index (χ0) is 22.8. The van der Waals surface area contributed by atoms with Gasteiger partial charge in [-0.3, -0.25) is 4.79 Å². The van der Waals surface area contributed by atoms with Gasteiger partial charge in [-0.05, 0) is 37.3 Å². The van der Waals surface area contributed by atoms with Crippen molar-refractivity contribution in [3.8, 4) is 28.2 Å². The molecule has 3 aromatic carbocycles. The van der Waals surface area contributed by atoms with Crippen molar-refractivity contribution in [1.82, 2.24) is 20.2 Å². The van der Waals surface area contributed by atoms with Crippen LogP contribution in [0.3, 0.4) is 0 Å². The van der Waals surface area contributed by atoms with Gasteiger partial charge in [0.2, 0.25) is 0 Å². The molecule has 0 aliphatic heterocycles. The number of hydrogen-bond donors (Lipinski definition) is 1. The van der Waals surface area contributed by atoms with Gasteiger partial charge in [0.15, 0.2) is 0 Å². The zero-order valence-corrected chi connectivity index (χ0v) is 18.3. The summed E-state index contributed by atoms with van der Waals surface area (Å²) >= 11 is 6.30. The Morgan fingerprint density at radius 1 is 0.970 bits per heavy atom. The van der Waals surface area contributed by atoms with Gasteiger partial charge >= 0.3 is 0 Å². The van der Waals surface area contributed by atoms with E-state index in [0.29, 0.717) is 33.3 Å². The third kappa shape index (κ3) is 4.02. The SMILES string of the molecule is Cc1onc(-c2ccccc2Cl)c1C(=O)Nc1ccc(-n2nncc2-c2ccccc2)cc1. The normalized spacial score (nSPS) is 10.8. The number of benzene rings is 3. The lowest BCUT2D eigenvalue weighted by Crippen LogP contribution is -2.13. The highest BCUT2D eigenvalue weighted by Gasteiger charge is 2.23. The van der Waals surface area contributed by atoms with E-state index in [2.05, 4.69) is 20.8 Å². The molecule has 0 aliphatic rings. The molecule has 162 valence electrons. The number of carbonyl (C=O) groups excluding carboxylic acids is 1. The predicted molar refractivity (Wildman–Crippen MR) is 126 cm³/mol. The molecule has 5 rings (SSSR count). The van der Waals surface area contributed by atoms with Crippen LogP contribution in [-0.2, 0) is 0 Å². The molecule has 0 unspecified atom stereocenters. The number of aromatic nitrogens is 4. The van der Waals surface area contributed by atoms with Crippen LogP contribution in [0.2, 0.25) is 5.02 Å². The third-order valence-corrected chi connectivity index (χ3v) is 5.54. The van der Waals surface area contributed by atoms with Crippen LogP contribution in [0.25, 0.3) is 28.2 Å². The highest BCUT2D eigenvalue weighted by molar-refractivity contribution is 6.33. The molecule has 1 N–H and O–H groups in total. The van der Waals surface area contributed by atoms with Gasteiger partial charge in [-0.1, -0.05) is 70.5 Å². The average Bonchev–Trinajstić information content (AvgIpc) is 3.47. The summed E-state index contributed by atoms with van der Waals surface area (Å²) in [5.41, 5.74) is 4.71. The first-order valence-corrected chi connectivity index (χ1v) is 10.6. The number of nitrogens with zero attached hydrogens (tertiary/aromatic N) is 4. The van der Waals surface area contributed by atoms with Crippen molar-refractivity contribution in [2.24, 2.45) is 0 Å². The lowest BCUT2D eigenvalue weighted by Gasteiger charge is -2.09. The van der Waals surface area contributed by atoms with Crippen LogP contribution in [0.1, 0.15) is 16.1 Å². The molecule has 8 heteroatoms. The topological polar surface area (TPSA) is 85.8 Å². The number of aryl methyl sites for hydroxylation is 1. The van der Waals surface area contributed by atoms with Gasteiger partial charge in [0.25, 0.3) is 5.91 Å². The molecular formula is C25H18ClN5O2. The summed E-state index contributed by atoms with van der Waals surface area (Å²) in [5, 5.41) is 15.7. The number of rotatable bonds is 5. The van der Waals surface area contributed by atoms with Crippen molar-refractivity contribution in [2.75, 3.05) is 5.32 Å². The third-order valence-electron chi connectivity index (χ3n) is 5.21. The Morgan fingerprint density at radius 2 is 1.70 bits per heavy atom. The van der Waals surface area contributed by atoms with Gasteiger partial charge in [0.1, 0.15) is 17.0 Å². The van der Waals surface area contributed by atoms with Crippen molar-refractivity contribution in [1.29, 1.82) is 0 Å². The lowest BCUT2D eigenvalue weighted by molar-refractivity contribution is 0.102. The van der Waals surface area contributed by atoms with E-state index in [1.807, 2.05) is 66.7 Å². The maximum absolute atomic E-state index is 13.1. The summed E-state index contributed by atoms with van der Waals surface area (Å²) in [6.45, 7) is 1.70. The van der Waals surface area contributed by atoms with Crippen LogP contribution in [0.5, 0.6) is 0 Å². The van der Waals surface area contributed by atoms with E-state index in [9.17, 15) is 4.79 Å². The van der Waals surface area contributed by atoms with Crippen molar-refractivity contribution in [3.05, 3.63) is 101 Å². The Hall–Kier alpha value is -4.23. The fourth-order valence-electron chi connectivity index (χ4n) is 3.59. The molecular weight excluding hydrogens is 438 g/mol. The van der Waals surface area contributed by atoms with Crippen LogP contribution >= 0.6 is 11.6 Å². The largest absolute Gasteiger partial charge is 0.360 e. The van der Waals surface area contributed by atoms with E-state index in [-0.39, 0.29) is 5.91 Å². The molecule has 0 spiro atoms. The van der Waals surface area contributed by atoms with Crippen molar-refractivity contribution in [2.45, 2.75) is 6.92 Å². The first-order valence-electron chi connectivity index (χ1n) is 10.2. The van der Waals surface area contributed by atoms with E-state index in [1.165, 1.54) is 0 Å². The number of amides is 1.